The molecule has 2 unspecified atom stereocenters. The summed E-state index contributed by atoms with van der Waals surface area (Å²) in [4.78, 5) is 19.6. The topological polar surface area (TPSA) is 54.9 Å². The SMILES string of the molecule is O=C(Nc1ncnc(Cl)c1Cl)C1C2CCCC21. The van der Waals surface area contributed by atoms with E-state index < -0.39 is 0 Å². The fourth-order valence-electron chi connectivity index (χ4n) is 2.85. The lowest BCUT2D eigenvalue weighted by Crippen LogP contribution is -2.17. The molecular formula is C11H11Cl2N3O. The average molecular weight is 272 g/mol. The van der Waals surface area contributed by atoms with Crippen molar-refractivity contribution in [2.45, 2.75) is 19.3 Å². The number of aromatic nitrogens is 2. The molecule has 0 spiro atoms. The molecule has 0 aromatic carbocycles. The number of hydrogen-bond acceptors (Lipinski definition) is 3. The molecule has 2 aliphatic carbocycles. The molecule has 0 radical (unpaired) electrons. The lowest BCUT2D eigenvalue weighted by Gasteiger charge is -2.07. The first kappa shape index (κ1) is 11.2. The first-order valence-electron chi connectivity index (χ1n) is 5.65. The minimum absolute atomic E-state index is 0.0105. The van der Waals surface area contributed by atoms with Gasteiger partial charge < -0.3 is 5.32 Å². The van der Waals surface area contributed by atoms with Crippen LogP contribution in [-0.4, -0.2) is 15.9 Å². The second kappa shape index (κ2) is 4.10. The highest BCUT2D eigenvalue weighted by atomic mass is 35.5. The summed E-state index contributed by atoms with van der Waals surface area (Å²) in [6, 6.07) is 0. The van der Waals surface area contributed by atoms with Gasteiger partial charge in [-0.2, -0.15) is 0 Å². The van der Waals surface area contributed by atoms with Crippen molar-refractivity contribution in [2.75, 3.05) is 5.32 Å². The van der Waals surface area contributed by atoms with Crippen molar-refractivity contribution < 1.29 is 4.79 Å². The predicted molar refractivity (Wildman–Crippen MR) is 65.0 cm³/mol. The van der Waals surface area contributed by atoms with Crippen LogP contribution in [0, 0.1) is 17.8 Å². The highest BCUT2D eigenvalue weighted by molar-refractivity contribution is 6.42. The first-order chi connectivity index (χ1) is 8.18. The molecule has 2 fully saturated rings. The van der Waals surface area contributed by atoms with Crippen LogP contribution in [0.3, 0.4) is 0 Å². The monoisotopic (exact) mass is 271 g/mol. The molecule has 90 valence electrons. The molecule has 1 N–H and O–H groups in total. The molecule has 3 rings (SSSR count). The van der Waals surface area contributed by atoms with E-state index in [0.29, 0.717) is 17.7 Å². The van der Waals surface area contributed by atoms with E-state index in [1.54, 1.807) is 0 Å². The standard InChI is InChI=1S/C11H11Cl2N3O/c12-8-9(13)14-4-15-10(8)16-11(17)7-5-2-1-3-6(5)7/h4-7H,1-3H2,(H,14,15,16,17). The van der Waals surface area contributed by atoms with Crippen LogP contribution in [0.1, 0.15) is 19.3 Å². The van der Waals surface area contributed by atoms with Gasteiger partial charge in [0.15, 0.2) is 11.0 Å². The number of carbonyl (C=O) groups is 1. The van der Waals surface area contributed by atoms with E-state index in [9.17, 15) is 4.79 Å². The Labute approximate surface area is 109 Å². The third-order valence-corrected chi connectivity index (χ3v) is 4.44. The molecule has 2 saturated carbocycles. The Morgan fingerprint density at radius 3 is 2.71 bits per heavy atom. The molecule has 2 aliphatic rings. The maximum Gasteiger partial charge on any atom is 0.229 e. The van der Waals surface area contributed by atoms with Crippen LogP contribution in [0.5, 0.6) is 0 Å². The lowest BCUT2D eigenvalue weighted by molar-refractivity contribution is -0.118. The van der Waals surface area contributed by atoms with Crippen LogP contribution in [-0.2, 0) is 4.79 Å². The third kappa shape index (κ3) is 1.89. The Hall–Kier alpha value is -0.870. The summed E-state index contributed by atoms with van der Waals surface area (Å²) in [5, 5.41) is 3.10. The number of amides is 1. The van der Waals surface area contributed by atoms with Crippen LogP contribution in [0.15, 0.2) is 6.33 Å². The van der Waals surface area contributed by atoms with E-state index in [1.807, 2.05) is 0 Å². The summed E-state index contributed by atoms with van der Waals surface area (Å²) in [7, 11) is 0. The van der Waals surface area contributed by atoms with Crippen molar-refractivity contribution in [3.63, 3.8) is 0 Å². The van der Waals surface area contributed by atoms with Gasteiger partial charge in [-0.1, -0.05) is 29.6 Å². The van der Waals surface area contributed by atoms with Gasteiger partial charge in [0.2, 0.25) is 5.91 Å². The van der Waals surface area contributed by atoms with Gasteiger partial charge >= 0.3 is 0 Å². The molecular weight excluding hydrogens is 261 g/mol. The minimum atomic E-state index is 0.0105. The highest BCUT2D eigenvalue weighted by Crippen LogP contribution is 2.57. The Balaban J connectivity index is 1.71. The number of rotatable bonds is 2. The summed E-state index contributed by atoms with van der Waals surface area (Å²) >= 11 is 11.7. The van der Waals surface area contributed by atoms with E-state index in [0.717, 1.165) is 0 Å². The summed E-state index contributed by atoms with van der Waals surface area (Å²) in [5.41, 5.74) is 0. The number of fused-ring (bicyclic) bond motifs is 1. The largest absolute Gasteiger partial charge is 0.309 e. The minimum Gasteiger partial charge on any atom is -0.309 e. The van der Waals surface area contributed by atoms with Gasteiger partial charge in [-0.25, -0.2) is 9.97 Å². The Morgan fingerprint density at radius 2 is 2.00 bits per heavy atom. The smallest absolute Gasteiger partial charge is 0.229 e. The molecule has 1 aromatic rings. The van der Waals surface area contributed by atoms with E-state index in [-0.39, 0.29) is 22.0 Å². The quantitative estimate of drug-likeness (QED) is 0.842. The number of nitrogens with zero attached hydrogens (tertiary/aromatic N) is 2. The van der Waals surface area contributed by atoms with Crippen LogP contribution in [0.2, 0.25) is 10.2 Å². The van der Waals surface area contributed by atoms with E-state index in [1.165, 1.54) is 25.6 Å². The van der Waals surface area contributed by atoms with Crippen molar-refractivity contribution in [2.24, 2.45) is 17.8 Å². The van der Waals surface area contributed by atoms with Crippen LogP contribution < -0.4 is 5.32 Å². The van der Waals surface area contributed by atoms with Crippen LogP contribution >= 0.6 is 23.2 Å². The zero-order valence-electron chi connectivity index (χ0n) is 8.99. The number of anilines is 1. The van der Waals surface area contributed by atoms with Crippen molar-refractivity contribution in [3.8, 4) is 0 Å². The van der Waals surface area contributed by atoms with Gasteiger partial charge in [0.1, 0.15) is 11.3 Å². The number of nitrogens with one attached hydrogen (secondary N) is 1. The van der Waals surface area contributed by atoms with E-state index in [2.05, 4.69) is 15.3 Å². The molecule has 4 nitrogen and oxygen atoms in total. The molecule has 0 bridgehead atoms. The highest BCUT2D eigenvalue weighted by Gasteiger charge is 2.56. The molecule has 17 heavy (non-hydrogen) atoms. The Morgan fingerprint density at radius 1 is 1.29 bits per heavy atom. The van der Waals surface area contributed by atoms with Crippen molar-refractivity contribution in [1.29, 1.82) is 0 Å². The second-order valence-electron chi connectivity index (χ2n) is 4.60. The predicted octanol–water partition coefficient (Wildman–Crippen LogP) is 2.77. The van der Waals surface area contributed by atoms with Crippen LogP contribution in [0.4, 0.5) is 5.82 Å². The maximum atomic E-state index is 12.0. The van der Waals surface area contributed by atoms with E-state index in [4.69, 9.17) is 23.2 Å². The van der Waals surface area contributed by atoms with Gasteiger partial charge in [0, 0.05) is 5.92 Å². The normalized spacial score (nSPS) is 29.9. The zero-order valence-corrected chi connectivity index (χ0v) is 10.5. The molecule has 2 atom stereocenters. The molecule has 0 saturated heterocycles. The van der Waals surface area contributed by atoms with E-state index >= 15 is 0 Å². The van der Waals surface area contributed by atoms with Gasteiger partial charge in [0.05, 0.1) is 0 Å². The summed E-state index contributed by atoms with van der Waals surface area (Å²) < 4.78 is 0. The number of halogens is 2. The summed E-state index contributed by atoms with van der Waals surface area (Å²) in [6.45, 7) is 0. The molecule has 1 aromatic heterocycles. The molecule has 0 aliphatic heterocycles. The van der Waals surface area contributed by atoms with Gasteiger partial charge in [-0.3, -0.25) is 4.79 Å². The summed E-state index contributed by atoms with van der Waals surface area (Å²) in [5.74, 6) is 1.61. The third-order valence-electron chi connectivity index (χ3n) is 3.70. The first-order valence-corrected chi connectivity index (χ1v) is 6.41. The van der Waals surface area contributed by atoms with Crippen molar-refractivity contribution in [1.82, 2.24) is 9.97 Å². The molecule has 1 heterocycles. The number of hydrogen-bond donors (Lipinski definition) is 1. The van der Waals surface area contributed by atoms with Gasteiger partial charge in [-0.05, 0) is 24.7 Å². The molecule has 6 heteroatoms. The fraction of sp³-hybridized carbons (Fsp3) is 0.545. The number of carbonyl (C=O) groups excluding carboxylic acids is 1. The zero-order chi connectivity index (χ0) is 12.0. The van der Waals surface area contributed by atoms with Crippen molar-refractivity contribution in [3.05, 3.63) is 16.5 Å². The fourth-order valence-corrected chi connectivity index (χ4v) is 3.12. The van der Waals surface area contributed by atoms with Gasteiger partial charge in [0.25, 0.3) is 0 Å². The second-order valence-corrected chi connectivity index (χ2v) is 5.34. The van der Waals surface area contributed by atoms with Crippen molar-refractivity contribution >= 4 is 34.9 Å². The maximum absolute atomic E-state index is 12.0. The average Bonchev–Trinajstić information content (AvgIpc) is 2.79. The summed E-state index contributed by atoms with van der Waals surface area (Å²) in [6.07, 6.45) is 4.87. The lowest BCUT2D eigenvalue weighted by atomic mass is 10.1. The molecule has 1 amide bonds. The van der Waals surface area contributed by atoms with Gasteiger partial charge in [-0.15, -0.1) is 0 Å². The Bertz CT molecular complexity index is 470. The van der Waals surface area contributed by atoms with Crippen LogP contribution in [0.25, 0.3) is 0 Å². The Kier molecular flexibility index (Phi) is 2.71.